The molecule has 0 bridgehead atoms. The molecule has 1 aliphatic rings. The van der Waals surface area contributed by atoms with E-state index in [1.165, 1.54) is 6.92 Å². The van der Waals surface area contributed by atoms with Crippen LogP contribution in [0.25, 0.3) is 0 Å². The van der Waals surface area contributed by atoms with E-state index < -0.39 is 11.9 Å². The minimum atomic E-state index is -0.898. The van der Waals surface area contributed by atoms with Gasteiger partial charge in [-0.1, -0.05) is 5.22 Å². The number of hydrogen-bond donors (Lipinski definition) is 1. The van der Waals surface area contributed by atoms with Crippen molar-refractivity contribution in [2.45, 2.75) is 13.0 Å². The molecular weight excluding hydrogens is 249 g/mol. The molecule has 0 saturated heterocycles. The van der Waals surface area contributed by atoms with E-state index in [1.54, 1.807) is 0 Å². The van der Waals surface area contributed by atoms with Crippen molar-refractivity contribution in [3.05, 3.63) is 0 Å². The summed E-state index contributed by atoms with van der Waals surface area (Å²) in [5.41, 5.74) is 2.05. The fourth-order valence-electron chi connectivity index (χ4n) is 0.515. The van der Waals surface area contributed by atoms with Gasteiger partial charge in [0.05, 0.1) is 0 Å². The number of amides is 1. The van der Waals surface area contributed by atoms with E-state index in [0.29, 0.717) is 0 Å². The summed E-state index contributed by atoms with van der Waals surface area (Å²) in [5.74, 6) is -0.726. The summed E-state index contributed by atoms with van der Waals surface area (Å²) in [4.78, 5) is 20.9. The molecule has 1 heterocycles. The highest BCUT2D eigenvalue weighted by Crippen LogP contribution is 1.99. The lowest BCUT2D eigenvalue weighted by Gasteiger charge is -1.92. The van der Waals surface area contributed by atoms with Gasteiger partial charge in [0, 0.05) is 1.43 Å². The average Bonchev–Trinajstić information content (AvgIpc) is 2.13. The highest BCUT2D eigenvalue weighted by atomic mass is 127. The highest BCUT2D eigenvalue weighted by molar-refractivity contribution is 14.0. The van der Waals surface area contributed by atoms with Crippen LogP contribution in [-0.4, -0.2) is 17.7 Å². The Kier molecular flexibility index (Phi) is 3.40. The van der Waals surface area contributed by atoms with Gasteiger partial charge in [0.25, 0.3) is 5.91 Å². The van der Waals surface area contributed by atoms with E-state index in [4.69, 9.17) is 0 Å². The number of carbonyl (C=O) groups excluding carboxylic acids is 2. The van der Waals surface area contributed by atoms with Crippen LogP contribution in [0.2, 0.25) is 0 Å². The molecule has 1 rings (SSSR count). The van der Waals surface area contributed by atoms with E-state index in [0.717, 1.165) is 0 Å². The van der Waals surface area contributed by atoms with Crippen LogP contribution in [0, 0.1) is 0 Å². The number of nitrogens with zero attached hydrogens (tertiary/aromatic N) is 2. The van der Waals surface area contributed by atoms with Gasteiger partial charge in [0.2, 0.25) is 6.04 Å². The molecule has 1 N–H and O–H groups in total. The van der Waals surface area contributed by atoms with Crippen LogP contribution in [-0.2, 0) is 9.59 Å². The molecule has 0 fully saturated rings. The summed E-state index contributed by atoms with van der Waals surface area (Å²) in [5, 5.41) is 6.50. The predicted octanol–water partition coefficient (Wildman–Crippen LogP) is 0.305. The molecule has 0 aromatic heterocycles. The fraction of sp³-hybridized carbons (Fsp3) is 0.500. The first kappa shape index (κ1) is 9.47. The van der Waals surface area contributed by atoms with Crippen molar-refractivity contribution in [2.75, 3.05) is 0 Å². The third kappa shape index (κ3) is 1.72. The first-order valence-corrected chi connectivity index (χ1v) is 2.42. The minimum Gasteiger partial charge on any atom is -0.297 e. The average molecular weight is 257 g/mol. The Balaban J connectivity index is 0. The minimum absolute atomic E-state index is 0. The number of rotatable bonds is 1. The van der Waals surface area contributed by atoms with E-state index in [9.17, 15) is 9.59 Å². The summed E-state index contributed by atoms with van der Waals surface area (Å²) < 4.78 is 0. The summed E-state index contributed by atoms with van der Waals surface area (Å²) in [6.07, 6.45) is 0. The molecule has 1 aliphatic heterocycles. The molecular formula is C4H8IN3O2. The Bertz CT molecular complexity index is 196. The second-order valence-electron chi connectivity index (χ2n) is 1.70. The number of nitrogens with one attached hydrogen (secondary N) is 1. The Labute approximate surface area is 75.7 Å². The molecule has 10 heavy (non-hydrogen) atoms. The summed E-state index contributed by atoms with van der Waals surface area (Å²) in [6, 6.07) is -0.898. The second kappa shape index (κ2) is 3.59. The van der Waals surface area contributed by atoms with Gasteiger partial charge in [-0.05, 0) is 6.92 Å². The van der Waals surface area contributed by atoms with Gasteiger partial charge >= 0.3 is 0 Å². The lowest BCUT2D eigenvalue weighted by molar-refractivity contribution is -0.127. The second-order valence-corrected chi connectivity index (χ2v) is 1.70. The molecule has 0 aromatic carbocycles. The van der Waals surface area contributed by atoms with Crippen LogP contribution >= 0.6 is 24.0 Å². The lowest BCUT2D eigenvalue weighted by atomic mass is 10.2. The Morgan fingerprint density at radius 1 is 1.80 bits per heavy atom. The maximum atomic E-state index is 10.5. The highest BCUT2D eigenvalue weighted by Gasteiger charge is 2.26. The van der Waals surface area contributed by atoms with Gasteiger partial charge in [-0.2, -0.15) is 0 Å². The largest absolute Gasteiger partial charge is 0.297 e. The van der Waals surface area contributed by atoms with Crippen molar-refractivity contribution in [1.82, 2.24) is 5.43 Å². The van der Waals surface area contributed by atoms with Crippen molar-refractivity contribution < 1.29 is 11.0 Å². The number of Topliss-reactive ketones (excluding diaryl/α,β-unsaturated/α-hetero) is 1. The quantitative estimate of drug-likeness (QED) is 0.542. The molecule has 1 unspecified atom stereocenters. The molecule has 5 nitrogen and oxygen atoms in total. The number of ketones is 1. The summed E-state index contributed by atoms with van der Waals surface area (Å²) in [7, 11) is 0. The molecule has 0 saturated carbocycles. The first-order chi connectivity index (χ1) is 4.22. The molecule has 0 aliphatic carbocycles. The van der Waals surface area contributed by atoms with Crippen LogP contribution in [0.3, 0.4) is 0 Å². The Hall–Kier alpha value is -0.530. The van der Waals surface area contributed by atoms with E-state index >= 15 is 0 Å². The normalized spacial score (nSPS) is 21.7. The third-order valence-electron chi connectivity index (χ3n) is 0.967. The van der Waals surface area contributed by atoms with Gasteiger partial charge in [-0.3, -0.25) is 9.59 Å². The Morgan fingerprint density at radius 2 is 2.40 bits per heavy atom. The van der Waals surface area contributed by atoms with E-state index in [2.05, 4.69) is 10.3 Å². The first-order valence-electron chi connectivity index (χ1n) is 2.42. The van der Waals surface area contributed by atoms with Crippen molar-refractivity contribution in [3.8, 4) is 0 Å². The van der Waals surface area contributed by atoms with E-state index in [1.807, 2.05) is 5.43 Å². The fourth-order valence-corrected chi connectivity index (χ4v) is 0.515. The topological polar surface area (TPSA) is 70.9 Å². The van der Waals surface area contributed by atoms with Crippen LogP contribution in [0.15, 0.2) is 10.3 Å². The van der Waals surface area contributed by atoms with Crippen LogP contribution in [0.5, 0.6) is 0 Å². The molecule has 6 heteroatoms. The van der Waals surface area contributed by atoms with Crippen molar-refractivity contribution in [1.29, 1.82) is 0 Å². The third-order valence-corrected chi connectivity index (χ3v) is 0.967. The Morgan fingerprint density at radius 3 is 2.60 bits per heavy atom. The predicted molar refractivity (Wildman–Crippen MR) is 45.0 cm³/mol. The zero-order valence-electron chi connectivity index (χ0n) is 5.20. The van der Waals surface area contributed by atoms with Crippen molar-refractivity contribution in [3.63, 3.8) is 0 Å². The maximum absolute atomic E-state index is 10.5. The number of carbonyl (C=O) groups is 2. The van der Waals surface area contributed by atoms with Crippen LogP contribution < -0.4 is 5.43 Å². The zero-order valence-corrected chi connectivity index (χ0v) is 7.53. The maximum Gasteiger partial charge on any atom is 0.275 e. The standard InChI is InChI=1S/C4H5N3O2.HI.H2/c1-2(8)3-4(9)6-7-5-3;;/h3H,1H3,(H,5,6,9);2*1H. The van der Waals surface area contributed by atoms with Gasteiger partial charge < -0.3 is 0 Å². The molecule has 1 amide bonds. The van der Waals surface area contributed by atoms with E-state index in [-0.39, 0.29) is 31.2 Å². The number of halogens is 1. The monoisotopic (exact) mass is 257 g/mol. The van der Waals surface area contributed by atoms with Crippen LogP contribution in [0.1, 0.15) is 8.35 Å². The molecule has 58 valence electrons. The molecule has 0 radical (unpaired) electrons. The van der Waals surface area contributed by atoms with Gasteiger partial charge in [0.15, 0.2) is 5.78 Å². The van der Waals surface area contributed by atoms with Gasteiger partial charge in [-0.15, -0.1) is 29.1 Å². The SMILES string of the molecule is CC(=O)C1N=NNC1=O.I.[HH]. The van der Waals surface area contributed by atoms with Gasteiger partial charge in [-0.25, -0.2) is 5.43 Å². The van der Waals surface area contributed by atoms with Gasteiger partial charge in [0.1, 0.15) is 0 Å². The molecule has 0 aromatic rings. The summed E-state index contributed by atoms with van der Waals surface area (Å²) >= 11 is 0. The lowest BCUT2D eigenvalue weighted by Crippen LogP contribution is -2.28. The number of hydrogen-bond acceptors (Lipinski definition) is 4. The van der Waals surface area contributed by atoms with Crippen molar-refractivity contribution in [2.24, 2.45) is 10.3 Å². The molecule has 1 atom stereocenters. The zero-order chi connectivity index (χ0) is 6.85. The van der Waals surface area contributed by atoms with Crippen LogP contribution in [0.4, 0.5) is 0 Å². The smallest absolute Gasteiger partial charge is 0.275 e. The van der Waals surface area contributed by atoms with Crippen molar-refractivity contribution >= 4 is 35.7 Å². The molecule has 0 spiro atoms. The summed E-state index contributed by atoms with van der Waals surface area (Å²) in [6.45, 7) is 1.30.